The van der Waals surface area contributed by atoms with E-state index in [0.29, 0.717) is 11.8 Å². The van der Waals surface area contributed by atoms with Gasteiger partial charge in [0, 0.05) is 31.2 Å². The minimum absolute atomic E-state index is 0. The summed E-state index contributed by atoms with van der Waals surface area (Å²) in [5.74, 6) is -1.13. The monoisotopic (exact) mass is 262 g/mol. The first-order valence-electron chi connectivity index (χ1n) is 2.88. The van der Waals surface area contributed by atoms with Gasteiger partial charge in [0.05, 0.1) is 0 Å². The van der Waals surface area contributed by atoms with Gasteiger partial charge in [-0.2, -0.15) is 0 Å². The van der Waals surface area contributed by atoms with E-state index in [-0.39, 0.29) is 45.5 Å². The first-order chi connectivity index (χ1) is 5.24. The van der Waals surface area contributed by atoms with Crippen molar-refractivity contribution in [2.24, 2.45) is 0 Å². The third-order valence-corrected chi connectivity index (χ3v) is 1.14. The molecule has 0 unspecified atom stereocenters. The topological polar surface area (TPSA) is 67.3 Å². The number of hydrogen-bond acceptors (Lipinski definition) is 3. The second-order valence-electron chi connectivity index (χ2n) is 1.90. The Kier molecular flexibility index (Phi) is 8.04. The van der Waals surface area contributed by atoms with Gasteiger partial charge in [-0.1, -0.05) is 0 Å². The van der Waals surface area contributed by atoms with Crippen LogP contribution in [0.25, 0.3) is 0 Å². The fraction of sp³-hybridized carbons (Fsp3) is 0. The van der Waals surface area contributed by atoms with E-state index in [9.17, 15) is 9.59 Å². The largest absolute Gasteiger partial charge is 1.00 e. The Hall–Kier alpha value is -0.489. The molecule has 0 saturated carbocycles. The molecule has 0 atom stereocenters. The fourth-order valence-corrected chi connectivity index (χ4v) is 0.637. The second-order valence-corrected chi connectivity index (χ2v) is 1.90. The molecular formula is C7H6LiNO3Rh. The Bertz CT molecular complexity index is 311. The van der Waals surface area contributed by atoms with Gasteiger partial charge in [0.15, 0.2) is 0 Å². The number of hydrogen-bond donors (Lipinski definition) is 1. The van der Waals surface area contributed by atoms with Gasteiger partial charge in [0.25, 0.3) is 0 Å². The van der Waals surface area contributed by atoms with Crippen LogP contribution in [-0.4, -0.2) is 22.3 Å². The summed E-state index contributed by atoms with van der Waals surface area (Å²) in [6.45, 7) is 0. The average Bonchev–Trinajstić information content (AvgIpc) is 2.05. The van der Waals surface area contributed by atoms with Crippen molar-refractivity contribution in [3.05, 3.63) is 29.6 Å². The summed E-state index contributed by atoms with van der Waals surface area (Å²) in [4.78, 5) is 24.0. The number of carboxylic acid groups (broad SMARTS) is 1. The molecule has 1 rings (SSSR count). The van der Waals surface area contributed by atoms with E-state index in [4.69, 9.17) is 5.11 Å². The van der Waals surface area contributed by atoms with Crippen molar-refractivity contribution in [1.29, 1.82) is 0 Å². The van der Waals surface area contributed by atoms with Gasteiger partial charge in [0.2, 0.25) is 0 Å². The average molecular weight is 262 g/mol. The molecule has 0 amide bonds. The van der Waals surface area contributed by atoms with E-state index in [1.54, 1.807) is 0 Å². The van der Waals surface area contributed by atoms with Gasteiger partial charge in [-0.15, -0.1) is 0 Å². The predicted octanol–water partition coefficient (Wildman–Crippen LogP) is -2.29. The van der Waals surface area contributed by atoms with Gasteiger partial charge in [0.1, 0.15) is 12.0 Å². The predicted molar refractivity (Wildman–Crippen MR) is 37.7 cm³/mol. The summed E-state index contributed by atoms with van der Waals surface area (Å²) in [6.07, 6.45) is 1.86. The summed E-state index contributed by atoms with van der Waals surface area (Å²) in [6, 6.07) is 2.66. The molecule has 1 aromatic rings. The van der Waals surface area contributed by atoms with Crippen molar-refractivity contribution >= 4 is 12.3 Å². The quantitative estimate of drug-likeness (QED) is 0.481. The minimum Gasteiger partial charge on any atom is -1.00 e. The molecule has 1 N–H and O–H groups in total. The fourth-order valence-electron chi connectivity index (χ4n) is 0.637. The summed E-state index contributed by atoms with van der Waals surface area (Å²) < 4.78 is 0. The van der Waals surface area contributed by atoms with Gasteiger partial charge in [-0.3, -0.25) is 4.79 Å². The zero-order valence-electron chi connectivity index (χ0n) is 7.85. The van der Waals surface area contributed by atoms with Crippen LogP contribution in [-0.2, 0) is 19.5 Å². The number of carbonyl (C=O) groups is 2. The summed E-state index contributed by atoms with van der Waals surface area (Å²) in [5.41, 5.74) is 0.201. The Morgan fingerprint density at radius 2 is 2.23 bits per heavy atom. The molecule has 4 nitrogen and oxygen atoms in total. The maximum Gasteiger partial charge on any atom is 1.00 e. The number of carboxylic acids is 1. The maximum absolute atomic E-state index is 10.3. The van der Waals surface area contributed by atoms with Crippen LogP contribution in [0.15, 0.2) is 18.3 Å². The van der Waals surface area contributed by atoms with Crippen molar-refractivity contribution in [3.8, 4) is 0 Å². The van der Waals surface area contributed by atoms with Crippen molar-refractivity contribution in [3.63, 3.8) is 0 Å². The van der Waals surface area contributed by atoms with Crippen LogP contribution in [0.4, 0.5) is 0 Å². The maximum atomic E-state index is 10.3. The number of pyridine rings is 1. The number of rotatable bonds is 2. The molecule has 0 fully saturated rings. The van der Waals surface area contributed by atoms with Crippen molar-refractivity contribution in [1.82, 2.24) is 4.98 Å². The summed E-state index contributed by atoms with van der Waals surface area (Å²) in [5, 5.41) is 8.43. The minimum atomic E-state index is -1.13. The SMILES string of the molecule is O=Cc1ccnc(C(=O)O)c1.[H-].[Li+].[Rh]. The number of nitrogens with zero attached hydrogens (tertiary/aromatic N) is 1. The molecule has 0 aliphatic heterocycles. The van der Waals surface area contributed by atoms with Crippen LogP contribution >= 0.6 is 0 Å². The van der Waals surface area contributed by atoms with Crippen LogP contribution in [0.2, 0.25) is 0 Å². The zero-order valence-corrected chi connectivity index (χ0v) is 8.49. The molecule has 0 spiro atoms. The molecule has 0 aliphatic carbocycles. The molecule has 6 heteroatoms. The third kappa shape index (κ3) is 4.33. The van der Waals surface area contributed by atoms with Crippen molar-refractivity contribution < 1.29 is 54.5 Å². The molecule has 1 heterocycles. The number of aromatic carboxylic acids is 1. The van der Waals surface area contributed by atoms with E-state index in [1.807, 2.05) is 0 Å². The first kappa shape index (κ1) is 15.0. The molecule has 0 saturated heterocycles. The molecule has 0 aliphatic rings. The van der Waals surface area contributed by atoms with Crippen LogP contribution in [0.1, 0.15) is 22.3 Å². The Balaban J connectivity index is -0.000000403. The van der Waals surface area contributed by atoms with Gasteiger partial charge in [-0.05, 0) is 12.1 Å². The van der Waals surface area contributed by atoms with E-state index < -0.39 is 5.97 Å². The Labute approximate surface area is 101 Å². The smallest absolute Gasteiger partial charge is 1.00 e. The van der Waals surface area contributed by atoms with Crippen LogP contribution in [0.3, 0.4) is 0 Å². The normalized spacial score (nSPS) is 7.69. The van der Waals surface area contributed by atoms with Crippen LogP contribution in [0, 0.1) is 0 Å². The molecule has 1 radical (unpaired) electrons. The molecule has 0 bridgehead atoms. The number of aldehydes is 1. The summed E-state index contributed by atoms with van der Waals surface area (Å²) in [7, 11) is 0. The third-order valence-electron chi connectivity index (χ3n) is 1.14. The molecular weight excluding hydrogens is 256 g/mol. The standard InChI is InChI=1S/C7H5NO3.Li.Rh.H/c9-4-5-1-2-8-6(3-5)7(10)11;;;/h1-4H,(H,10,11);;;/q;+1;;-1. The first-order valence-corrected chi connectivity index (χ1v) is 2.88. The van der Waals surface area contributed by atoms with E-state index >= 15 is 0 Å². The van der Waals surface area contributed by atoms with Crippen molar-refractivity contribution in [2.75, 3.05) is 0 Å². The zero-order chi connectivity index (χ0) is 8.27. The second kappa shape index (κ2) is 6.97. The van der Waals surface area contributed by atoms with Gasteiger partial charge in [-0.25, -0.2) is 9.78 Å². The number of carbonyl (C=O) groups excluding carboxylic acids is 1. The Morgan fingerprint density at radius 3 is 2.69 bits per heavy atom. The van der Waals surface area contributed by atoms with E-state index in [2.05, 4.69) is 4.98 Å². The van der Waals surface area contributed by atoms with Gasteiger partial charge < -0.3 is 6.53 Å². The number of aromatic nitrogens is 1. The molecule has 1 aromatic heterocycles. The molecule has 13 heavy (non-hydrogen) atoms. The van der Waals surface area contributed by atoms with Gasteiger partial charge >= 0.3 is 24.8 Å². The van der Waals surface area contributed by atoms with E-state index in [1.165, 1.54) is 18.3 Å². The van der Waals surface area contributed by atoms with E-state index in [0.717, 1.165) is 0 Å². The summed E-state index contributed by atoms with van der Waals surface area (Å²) >= 11 is 0. The molecule has 0 aromatic carbocycles. The molecule has 67 valence electrons. The Morgan fingerprint density at radius 1 is 1.62 bits per heavy atom. The van der Waals surface area contributed by atoms with Crippen molar-refractivity contribution in [2.45, 2.75) is 0 Å². The van der Waals surface area contributed by atoms with Crippen LogP contribution < -0.4 is 18.9 Å². The van der Waals surface area contributed by atoms with Crippen LogP contribution in [0.5, 0.6) is 0 Å².